The van der Waals surface area contributed by atoms with Gasteiger partial charge in [0.2, 0.25) is 5.91 Å². The number of aryl methyl sites for hydroxylation is 1. The van der Waals surface area contributed by atoms with Gasteiger partial charge in [-0.2, -0.15) is 0 Å². The van der Waals surface area contributed by atoms with Crippen molar-refractivity contribution >= 4 is 22.4 Å². The van der Waals surface area contributed by atoms with Crippen molar-refractivity contribution in [2.75, 3.05) is 19.7 Å². The van der Waals surface area contributed by atoms with Gasteiger partial charge in [0.25, 0.3) is 0 Å². The average molecular weight is 404 g/mol. The third-order valence-corrected chi connectivity index (χ3v) is 5.85. The summed E-state index contributed by atoms with van der Waals surface area (Å²) in [7, 11) is 0. The van der Waals surface area contributed by atoms with Gasteiger partial charge in [-0.1, -0.05) is 30.3 Å². The van der Waals surface area contributed by atoms with Gasteiger partial charge in [-0.05, 0) is 57.2 Å². The van der Waals surface area contributed by atoms with E-state index in [4.69, 9.17) is 9.15 Å². The van der Waals surface area contributed by atoms with Crippen LogP contribution in [0, 0.1) is 6.92 Å². The van der Waals surface area contributed by atoms with Crippen LogP contribution in [0.5, 0.6) is 5.75 Å². The fourth-order valence-corrected chi connectivity index (χ4v) is 4.25. The van der Waals surface area contributed by atoms with Gasteiger partial charge in [-0.3, -0.25) is 4.79 Å². The summed E-state index contributed by atoms with van der Waals surface area (Å²) in [6.45, 7) is 8.24. The number of likely N-dealkylation sites (tertiary alicyclic amines) is 1. The van der Waals surface area contributed by atoms with Crippen molar-refractivity contribution in [2.24, 2.45) is 0 Å². The van der Waals surface area contributed by atoms with Gasteiger partial charge in [-0.25, -0.2) is 0 Å². The van der Waals surface area contributed by atoms with Crippen molar-refractivity contribution < 1.29 is 13.9 Å². The second-order valence-electron chi connectivity index (χ2n) is 7.92. The van der Waals surface area contributed by atoms with Crippen LogP contribution in [0.1, 0.15) is 44.2 Å². The molecule has 4 rings (SSSR count). The molecule has 1 aromatic heterocycles. The molecule has 0 spiro atoms. The Labute approximate surface area is 178 Å². The molecule has 0 N–H and O–H groups in total. The number of rotatable bonds is 5. The maximum absolute atomic E-state index is 12.8. The predicted octanol–water partition coefficient (Wildman–Crippen LogP) is 6.22. The number of carbonyl (C=O) groups is 1. The number of piperidine rings is 1. The van der Waals surface area contributed by atoms with Crippen LogP contribution in [0.2, 0.25) is 0 Å². The van der Waals surface area contributed by atoms with E-state index in [0.717, 1.165) is 70.5 Å². The molecule has 0 atom stereocenters. The highest BCUT2D eigenvalue weighted by molar-refractivity contribution is 6.01. The molecule has 30 heavy (non-hydrogen) atoms. The zero-order chi connectivity index (χ0) is 21.1. The van der Waals surface area contributed by atoms with E-state index >= 15 is 0 Å². The first-order chi connectivity index (χ1) is 14.6. The molecule has 0 radical (unpaired) electrons. The molecule has 2 heterocycles. The predicted molar refractivity (Wildman–Crippen MR) is 122 cm³/mol. The standard InChI is InChI=1S/C26H29NO3/c1-4-29-25-19(3)26-22(23(17-30-26)20-11-7-5-8-12-20)16-21(25)18(2)15-24(28)27-13-9-6-10-14-27/h5,7-8,11-12,15-17H,4,6,9-10,13-14H2,1-3H3/b18-15+. The number of nitrogens with zero attached hydrogens (tertiary/aromatic N) is 1. The fraction of sp³-hybridized carbons (Fsp3) is 0.346. The average Bonchev–Trinajstić information content (AvgIpc) is 3.21. The van der Waals surface area contributed by atoms with Gasteiger partial charge < -0.3 is 14.1 Å². The lowest BCUT2D eigenvalue weighted by Gasteiger charge is -2.25. The Morgan fingerprint density at radius 2 is 1.90 bits per heavy atom. The first-order valence-corrected chi connectivity index (χ1v) is 10.8. The largest absolute Gasteiger partial charge is 0.493 e. The monoisotopic (exact) mass is 403 g/mol. The topological polar surface area (TPSA) is 42.7 Å². The molecule has 3 aromatic rings. The molecule has 1 aliphatic rings. The van der Waals surface area contributed by atoms with E-state index in [0.29, 0.717) is 6.61 Å². The molecular weight excluding hydrogens is 374 g/mol. The van der Waals surface area contributed by atoms with E-state index in [1.165, 1.54) is 6.42 Å². The Balaban J connectivity index is 1.81. The molecule has 0 saturated carbocycles. The summed E-state index contributed by atoms with van der Waals surface area (Å²) in [6, 6.07) is 12.3. The highest BCUT2D eigenvalue weighted by Crippen LogP contribution is 2.40. The van der Waals surface area contributed by atoms with Crippen molar-refractivity contribution in [3.05, 3.63) is 59.9 Å². The number of hydrogen-bond acceptors (Lipinski definition) is 3. The van der Waals surface area contributed by atoms with Crippen LogP contribution in [0.25, 0.3) is 27.7 Å². The number of hydrogen-bond donors (Lipinski definition) is 0. The molecule has 1 amide bonds. The Hall–Kier alpha value is -3.01. The number of benzene rings is 2. The Bertz CT molecular complexity index is 1070. The summed E-state index contributed by atoms with van der Waals surface area (Å²) >= 11 is 0. The van der Waals surface area contributed by atoms with E-state index in [2.05, 4.69) is 18.2 Å². The van der Waals surface area contributed by atoms with E-state index in [1.54, 1.807) is 6.08 Å². The van der Waals surface area contributed by atoms with Gasteiger partial charge in [-0.15, -0.1) is 0 Å². The lowest BCUT2D eigenvalue weighted by atomic mass is 9.96. The maximum Gasteiger partial charge on any atom is 0.246 e. The highest BCUT2D eigenvalue weighted by Gasteiger charge is 2.20. The van der Waals surface area contributed by atoms with Gasteiger partial charge in [0.1, 0.15) is 11.3 Å². The Morgan fingerprint density at radius 3 is 2.60 bits per heavy atom. The van der Waals surface area contributed by atoms with Crippen molar-refractivity contribution in [2.45, 2.75) is 40.0 Å². The van der Waals surface area contributed by atoms with Crippen molar-refractivity contribution in [3.63, 3.8) is 0 Å². The van der Waals surface area contributed by atoms with Crippen LogP contribution in [-0.2, 0) is 4.79 Å². The van der Waals surface area contributed by atoms with Gasteiger partial charge in [0, 0.05) is 41.2 Å². The molecular formula is C26H29NO3. The van der Waals surface area contributed by atoms with Crippen LogP contribution in [-0.4, -0.2) is 30.5 Å². The van der Waals surface area contributed by atoms with E-state index < -0.39 is 0 Å². The number of fused-ring (bicyclic) bond motifs is 1. The SMILES string of the molecule is CCOc1c(/C(C)=C/C(=O)N2CCCCC2)cc2c(-c3ccccc3)coc2c1C. The fourth-order valence-electron chi connectivity index (χ4n) is 4.25. The van der Waals surface area contributed by atoms with E-state index in [1.807, 2.05) is 50.1 Å². The minimum atomic E-state index is 0.0860. The zero-order valence-corrected chi connectivity index (χ0v) is 18.0. The van der Waals surface area contributed by atoms with Crippen molar-refractivity contribution in [3.8, 4) is 16.9 Å². The minimum Gasteiger partial charge on any atom is -0.493 e. The molecule has 4 heteroatoms. The molecule has 156 valence electrons. The summed E-state index contributed by atoms with van der Waals surface area (Å²) in [5.74, 6) is 0.877. The number of carbonyl (C=O) groups excluding carboxylic acids is 1. The van der Waals surface area contributed by atoms with Crippen LogP contribution in [0.3, 0.4) is 0 Å². The highest BCUT2D eigenvalue weighted by atomic mass is 16.5. The quantitative estimate of drug-likeness (QED) is 0.475. The van der Waals surface area contributed by atoms with E-state index in [9.17, 15) is 4.79 Å². The molecule has 1 aliphatic heterocycles. The van der Waals surface area contributed by atoms with E-state index in [-0.39, 0.29) is 5.91 Å². The van der Waals surface area contributed by atoms with Crippen LogP contribution >= 0.6 is 0 Å². The molecule has 2 aromatic carbocycles. The lowest BCUT2D eigenvalue weighted by molar-refractivity contribution is -0.126. The Kier molecular flexibility index (Phi) is 5.93. The summed E-state index contributed by atoms with van der Waals surface area (Å²) in [4.78, 5) is 14.8. The smallest absolute Gasteiger partial charge is 0.246 e. The van der Waals surface area contributed by atoms with Crippen LogP contribution in [0.15, 0.2) is 53.2 Å². The second kappa shape index (κ2) is 8.78. The Morgan fingerprint density at radius 1 is 1.17 bits per heavy atom. The minimum absolute atomic E-state index is 0.0860. The number of allylic oxidation sites excluding steroid dienone is 1. The second-order valence-corrected chi connectivity index (χ2v) is 7.92. The molecule has 0 bridgehead atoms. The van der Waals surface area contributed by atoms with Gasteiger partial charge >= 0.3 is 0 Å². The summed E-state index contributed by atoms with van der Waals surface area (Å²) in [5, 5.41) is 1.04. The van der Waals surface area contributed by atoms with Crippen LogP contribution < -0.4 is 4.74 Å². The molecule has 1 saturated heterocycles. The summed E-state index contributed by atoms with van der Waals surface area (Å²) < 4.78 is 12.0. The maximum atomic E-state index is 12.8. The normalized spacial score (nSPS) is 14.9. The first kappa shape index (κ1) is 20.3. The van der Waals surface area contributed by atoms with Gasteiger partial charge in [0.15, 0.2) is 0 Å². The number of furan rings is 1. The zero-order valence-electron chi connectivity index (χ0n) is 18.0. The van der Waals surface area contributed by atoms with Crippen molar-refractivity contribution in [1.29, 1.82) is 0 Å². The molecule has 0 unspecified atom stereocenters. The number of ether oxygens (including phenoxy) is 1. The third kappa shape index (κ3) is 3.87. The first-order valence-electron chi connectivity index (χ1n) is 10.8. The van der Waals surface area contributed by atoms with Gasteiger partial charge in [0.05, 0.1) is 12.9 Å². The third-order valence-electron chi connectivity index (χ3n) is 5.85. The molecule has 0 aliphatic carbocycles. The lowest BCUT2D eigenvalue weighted by Crippen LogP contribution is -2.34. The number of amides is 1. The van der Waals surface area contributed by atoms with Crippen LogP contribution in [0.4, 0.5) is 0 Å². The molecule has 4 nitrogen and oxygen atoms in total. The molecule has 1 fully saturated rings. The van der Waals surface area contributed by atoms with Crippen molar-refractivity contribution in [1.82, 2.24) is 4.90 Å². The summed E-state index contributed by atoms with van der Waals surface area (Å²) in [6.07, 6.45) is 6.95. The summed E-state index contributed by atoms with van der Waals surface area (Å²) in [5.41, 5.74) is 5.82.